The van der Waals surface area contributed by atoms with Gasteiger partial charge in [0.1, 0.15) is 0 Å². The normalized spacial score (nSPS) is 26.2. The van der Waals surface area contributed by atoms with Crippen LogP contribution in [0, 0.1) is 0 Å². The minimum absolute atomic E-state index is 0.168. The molecule has 0 aliphatic carbocycles. The van der Waals surface area contributed by atoms with Gasteiger partial charge < -0.3 is 0 Å². The third-order valence-electron chi connectivity index (χ3n) is 3.87. The summed E-state index contributed by atoms with van der Waals surface area (Å²) in [6.07, 6.45) is 0. The summed E-state index contributed by atoms with van der Waals surface area (Å²) < 4.78 is 0. The first-order chi connectivity index (χ1) is 9.09. The molecule has 3 rings (SSSR count). The predicted molar refractivity (Wildman–Crippen MR) is 88.6 cm³/mol. The Morgan fingerprint density at radius 1 is 0.684 bits per heavy atom. The van der Waals surface area contributed by atoms with Gasteiger partial charge in [-0.3, -0.25) is 0 Å². The van der Waals surface area contributed by atoms with E-state index in [0.29, 0.717) is 0 Å². The molecule has 3 atom stereocenters. The van der Waals surface area contributed by atoms with E-state index in [4.69, 9.17) is 0 Å². The second kappa shape index (κ2) is 4.88. The van der Waals surface area contributed by atoms with Gasteiger partial charge >= 0.3 is 0 Å². The highest BCUT2D eigenvalue weighted by molar-refractivity contribution is 8.00. The molecule has 0 aromatic heterocycles. The molecule has 0 spiro atoms. The van der Waals surface area contributed by atoms with Gasteiger partial charge in [-0.2, -0.15) is 0 Å². The van der Waals surface area contributed by atoms with E-state index in [-0.39, 0.29) is 7.47 Å². The second-order valence-electron chi connectivity index (χ2n) is 6.29. The van der Waals surface area contributed by atoms with Gasteiger partial charge in [-0.25, -0.2) is 0 Å². The van der Waals surface area contributed by atoms with E-state index in [1.165, 1.54) is 0 Å². The Morgan fingerprint density at radius 3 is 1.37 bits per heavy atom. The van der Waals surface area contributed by atoms with E-state index in [1.807, 2.05) is 0 Å². The lowest BCUT2D eigenvalue weighted by Gasteiger charge is -2.16. The molecule has 1 fully saturated rings. The van der Waals surface area contributed by atoms with Crippen LogP contribution in [0.2, 0.25) is 19.6 Å². The van der Waals surface area contributed by atoms with E-state index < -0.39 is 7.74 Å². The molecule has 0 bridgehead atoms. The maximum Gasteiger partial charge on any atom is 0.0735 e. The Kier molecular flexibility index (Phi) is 3.36. The van der Waals surface area contributed by atoms with Gasteiger partial charge in [0.25, 0.3) is 0 Å². The second-order valence-corrected chi connectivity index (χ2v) is 18.1. The molecule has 1 heterocycles. The highest BCUT2D eigenvalue weighted by Crippen LogP contribution is 2.88. The lowest BCUT2D eigenvalue weighted by molar-refractivity contribution is 1.03. The molecule has 1 unspecified atom stereocenters. The predicted octanol–water partition coefficient (Wildman–Crippen LogP) is 5.80. The van der Waals surface area contributed by atoms with Gasteiger partial charge in [0.05, 0.1) is 7.74 Å². The fourth-order valence-electron chi connectivity index (χ4n) is 3.05. The molecular formula is C17H21PSi. The van der Waals surface area contributed by atoms with Gasteiger partial charge in [-0.1, -0.05) is 80.3 Å². The van der Waals surface area contributed by atoms with Crippen molar-refractivity contribution in [1.82, 2.24) is 0 Å². The molecule has 1 aliphatic heterocycles. The van der Waals surface area contributed by atoms with Crippen LogP contribution in [0.15, 0.2) is 60.7 Å². The van der Waals surface area contributed by atoms with Crippen LogP contribution in [0.1, 0.15) is 22.4 Å². The standard InChI is InChI=1S/C17H21PSi/c1-19(2,3)18-16(14-10-6-4-7-11-14)17(18)15-12-8-5-9-13-15/h4-13,16-17H,1-3H3/t16-,17+,18?. The summed E-state index contributed by atoms with van der Waals surface area (Å²) in [5.74, 6) is 0. The highest BCUT2D eigenvalue weighted by Gasteiger charge is 2.56. The van der Waals surface area contributed by atoms with Crippen LogP contribution in [0.5, 0.6) is 0 Å². The van der Waals surface area contributed by atoms with E-state index in [1.54, 1.807) is 11.1 Å². The van der Waals surface area contributed by atoms with Crippen LogP contribution in [-0.2, 0) is 0 Å². The van der Waals surface area contributed by atoms with Gasteiger partial charge in [0.15, 0.2) is 0 Å². The maximum absolute atomic E-state index is 2.54. The van der Waals surface area contributed by atoms with Crippen molar-refractivity contribution in [3.8, 4) is 0 Å². The zero-order valence-corrected chi connectivity index (χ0v) is 13.8. The SMILES string of the molecule is C[Si](C)(C)P1[C@H](c2ccccc2)[C@@H]1c1ccccc1. The van der Waals surface area contributed by atoms with Crippen molar-refractivity contribution in [2.24, 2.45) is 0 Å². The molecule has 0 nitrogen and oxygen atoms in total. The van der Waals surface area contributed by atoms with Crippen molar-refractivity contribution in [3.05, 3.63) is 71.8 Å². The molecule has 1 saturated heterocycles. The largest absolute Gasteiger partial charge is 0.102 e. The van der Waals surface area contributed by atoms with Crippen molar-refractivity contribution < 1.29 is 0 Å². The van der Waals surface area contributed by atoms with Crippen LogP contribution in [0.4, 0.5) is 0 Å². The third kappa shape index (κ3) is 2.55. The fourth-order valence-corrected chi connectivity index (χ4v) is 13.7. The average molecular weight is 284 g/mol. The van der Waals surface area contributed by atoms with Crippen LogP contribution in [0.25, 0.3) is 0 Å². The summed E-state index contributed by atoms with van der Waals surface area (Å²) in [4.78, 5) is 0. The molecule has 0 radical (unpaired) electrons. The average Bonchev–Trinajstić information content (AvgIpc) is 3.16. The van der Waals surface area contributed by atoms with Crippen molar-refractivity contribution >= 4 is 15.2 Å². The molecule has 0 saturated carbocycles. The van der Waals surface area contributed by atoms with Gasteiger partial charge in [-0.05, 0) is 11.1 Å². The van der Waals surface area contributed by atoms with Crippen LogP contribution in [0.3, 0.4) is 0 Å². The van der Waals surface area contributed by atoms with E-state index in [9.17, 15) is 0 Å². The zero-order chi connectivity index (χ0) is 13.5. The molecule has 2 aromatic rings. The number of benzene rings is 2. The van der Waals surface area contributed by atoms with Gasteiger partial charge in [0, 0.05) is 11.3 Å². The Balaban J connectivity index is 1.95. The third-order valence-corrected chi connectivity index (χ3v) is 13.8. The molecule has 1 aliphatic rings. The monoisotopic (exact) mass is 284 g/mol. The number of rotatable bonds is 3. The summed E-state index contributed by atoms with van der Waals surface area (Å²) in [5, 5.41) is 0. The lowest BCUT2D eigenvalue weighted by Crippen LogP contribution is -2.12. The zero-order valence-electron chi connectivity index (χ0n) is 11.9. The van der Waals surface area contributed by atoms with Crippen molar-refractivity contribution in [2.45, 2.75) is 31.0 Å². The molecule has 2 heteroatoms. The molecule has 19 heavy (non-hydrogen) atoms. The lowest BCUT2D eigenvalue weighted by atomic mass is 10.0. The number of hydrogen-bond acceptors (Lipinski definition) is 0. The summed E-state index contributed by atoms with van der Waals surface area (Å²) in [6, 6.07) is 22.3. The minimum Gasteiger partial charge on any atom is -0.102 e. The van der Waals surface area contributed by atoms with E-state index >= 15 is 0 Å². The van der Waals surface area contributed by atoms with Gasteiger partial charge in [-0.15, -0.1) is 7.47 Å². The van der Waals surface area contributed by atoms with Crippen molar-refractivity contribution in [2.75, 3.05) is 0 Å². The quantitative estimate of drug-likeness (QED) is 0.493. The highest BCUT2D eigenvalue weighted by atomic mass is 31.4. The summed E-state index contributed by atoms with van der Waals surface area (Å²) in [5.41, 5.74) is 4.74. The van der Waals surface area contributed by atoms with E-state index in [0.717, 1.165) is 11.3 Å². The van der Waals surface area contributed by atoms with Crippen LogP contribution in [-0.4, -0.2) is 7.74 Å². The topological polar surface area (TPSA) is 0 Å². The first-order valence-electron chi connectivity index (χ1n) is 6.97. The summed E-state index contributed by atoms with van der Waals surface area (Å²) in [7, 11) is -0.882. The van der Waals surface area contributed by atoms with Crippen molar-refractivity contribution in [1.29, 1.82) is 0 Å². The molecular weight excluding hydrogens is 263 g/mol. The summed E-state index contributed by atoms with van der Waals surface area (Å²) in [6.45, 7) is 7.62. The van der Waals surface area contributed by atoms with Crippen LogP contribution < -0.4 is 0 Å². The van der Waals surface area contributed by atoms with Crippen LogP contribution >= 0.6 is 7.47 Å². The Labute approximate surface area is 118 Å². The van der Waals surface area contributed by atoms with Gasteiger partial charge in [0.2, 0.25) is 0 Å². The molecule has 2 aromatic carbocycles. The first-order valence-corrected chi connectivity index (χ1v) is 12.8. The molecule has 98 valence electrons. The fraction of sp³-hybridized carbons (Fsp3) is 0.294. The summed E-state index contributed by atoms with van der Waals surface area (Å²) >= 11 is 0. The molecule has 0 amide bonds. The Bertz CT molecular complexity index is 499. The Hall–Kier alpha value is -0.913. The Morgan fingerprint density at radius 2 is 1.05 bits per heavy atom. The maximum atomic E-state index is 2.54. The smallest absolute Gasteiger partial charge is 0.0735 e. The van der Waals surface area contributed by atoms with E-state index in [2.05, 4.69) is 80.3 Å². The number of hydrogen-bond donors (Lipinski definition) is 0. The first kappa shape index (κ1) is 13.1. The molecule has 0 N–H and O–H groups in total. The van der Waals surface area contributed by atoms with Crippen molar-refractivity contribution in [3.63, 3.8) is 0 Å². The minimum atomic E-state index is -1.05.